The van der Waals surface area contributed by atoms with Crippen LogP contribution in [0.5, 0.6) is 5.75 Å². The van der Waals surface area contributed by atoms with Crippen LogP contribution < -0.4 is 4.74 Å². The van der Waals surface area contributed by atoms with Gasteiger partial charge < -0.3 is 9.84 Å². The van der Waals surface area contributed by atoms with E-state index in [9.17, 15) is 5.11 Å². The fraction of sp³-hybridized carbons (Fsp3) is 0.600. The highest BCUT2D eigenvalue weighted by Gasteiger charge is 2.24. The van der Waals surface area contributed by atoms with Gasteiger partial charge in [-0.15, -0.1) is 0 Å². The lowest BCUT2D eigenvalue weighted by atomic mass is 9.87. The van der Waals surface area contributed by atoms with E-state index >= 15 is 0 Å². The van der Waals surface area contributed by atoms with Crippen LogP contribution in [-0.2, 0) is 0 Å². The minimum absolute atomic E-state index is 0.132. The monoisotopic (exact) mass is 234 g/mol. The maximum Gasteiger partial charge on any atom is 0.120 e. The first-order valence-electron chi connectivity index (χ1n) is 6.39. The second kappa shape index (κ2) is 4.69. The van der Waals surface area contributed by atoms with Gasteiger partial charge in [0, 0.05) is 0 Å². The van der Waals surface area contributed by atoms with E-state index < -0.39 is 6.10 Å². The zero-order valence-electron chi connectivity index (χ0n) is 10.9. The molecule has 2 nitrogen and oxygen atoms in total. The Labute approximate surface area is 104 Å². The third-order valence-corrected chi connectivity index (χ3v) is 2.88. The summed E-state index contributed by atoms with van der Waals surface area (Å²) in [7, 11) is 0. The highest BCUT2D eigenvalue weighted by atomic mass is 16.5. The molecule has 0 amide bonds. The van der Waals surface area contributed by atoms with Crippen LogP contribution in [0.4, 0.5) is 0 Å². The van der Waals surface area contributed by atoms with Gasteiger partial charge in [0.05, 0.1) is 12.2 Å². The molecule has 0 saturated heterocycles. The quantitative estimate of drug-likeness (QED) is 0.860. The van der Waals surface area contributed by atoms with Gasteiger partial charge in [-0.1, -0.05) is 32.9 Å². The predicted molar refractivity (Wildman–Crippen MR) is 69.1 cm³/mol. The van der Waals surface area contributed by atoms with Crippen molar-refractivity contribution in [2.45, 2.75) is 52.2 Å². The molecular weight excluding hydrogens is 212 g/mol. The van der Waals surface area contributed by atoms with Gasteiger partial charge in [-0.25, -0.2) is 0 Å². The molecule has 2 heteroatoms. The van der Waals surface area contributed by atoms with Crippen LogP contribution in [0.25, 0.3) is 0 Å². The summed E-state index contributed by atoms with van der Waals surface area (Å²) < 4.78 is 5.74. The lowest BCUT2D eigenvalue weighted by molar-refractivity contribution is 0.122. The summed E-state index contributed by atoms with van der Waals surface area (Å²) in [5, 5.41) is 10.2. The maximum atomic E-state index is 10.2. The Bertz CT molecular complexity index is 375. The molecule has 1 aliphatic carbocycles. The van der Waals surface area contributed by atoms with E-state index in [1.54, 1.807) is 0 Å². The molecule has 0 aromatic heterocycles. The fourth-order valence-electron chi connectivity index (χ4n) is 1.87. The molecule has 0 heterocycles. The van der Waals surface area contributed by atoms with Crippen molar-refractivity contribution < 1.29 is 9.84 Å². The number of hydrogen-bond acceptors (Lipinski definition) is 2. The van der Waals surface area contributed by atoms with Crippen molar-refractivity contribution in [1.29, 1.82) is 0 Å². The zero-order chi connectivity index (χ0) is 12.5. The Hall–Kier alpha value is -1.02. The lowest BCUT2D eigenvalue weighted by Crippen LogP contribution is -2.11. The van der Waals surface area contributed by atoms with E-state index in [1.165, 1.54) is 0 Å². The summed E-state index contributed by atoms with van der Waals surface area (Å²) in [4.78, 5) is 0. The molecule has 1 saturated carbocycles. The number of aliphatic hydroxyl groups excluding tert-OH is 1. The van der Waals surface area contributed by atoms with Crippen molar-refractivity contribution in [3.63, 3.8) is 0 Å². The Morgan fingerprint density at radius 3 is 2.65 bits per heavy atom. The molecule has 1 aromatic carbocycles. The average molecular weight is 234 g/mol. The van der Waals surface area contributed by atoms with Crippen LogP contribution in [-0.4, -0.2) is 11.2 Å². The van der Waals surface area contributed by atoms with E-state index in [-0.39, 0.29) is 5.41 Å². The van der Waals surface area contributed by atoms with E-state index in [2.05, 4.69) is 20.8 Å². The highest BCUT2D eigenvalue weighted by Crippen LogP contribution is 2.32. The number of benzene rings is 1. The molecule has 94 valence electrons. The van der Waals surface area contributed by atoms with Crippen LogP contribution in [0.1, 0.15) is 51.7 Å². The molecule has 1 unspecified atom stereocenters. The van der Waals surface area contributed by atoms with E-state index in [1.807, 2.05) is 24.3 Å². The van der Waals surface area contributed by atoms with Crippen molar-refractivity contribution in [2.24, 2.45) is 5.41 Å². The molecule has 1 N–H and O–H groups in total. The Kier molecular flexibility index (Phi) is 3.43. The van der Waals surface area contributed by atoms with Crippen molar-refractivity contribution >= 4 is 0 Å². The molecule has 0 radical (unpaired) electrons. The number of aliphatic hydroxyl groups is 1. The fourth-order valence-corrected chi connectivity index (χ4v) is 1.87. The zero-order valence-corrected chi connectivity index (χ0v) is 10.9. The van der Waals surface area contributed by atoms with Gasteiger partial charge in [0.2, 0.25) is 0 Å². The average Bonchev–Trinajstić information content (AvgIpc) is 2.99. The summed E-state index contributed by atoms with van der Waals surface area (Å²) in [6.45, 7) is 6.42. The summed E-state index contributed by atoms with van der Waals surface area (Å²) in [5.74, 6) is 0.887. The molecule has 1 aliphatic rings. The van der Waals surface area contributed by atoms with E-state index in [0.29, 0.717) is 6.10 Å². The van der Waals surface area contributed by atoms with Crippen LogP contribution >= 0.6 is 0 Å². The van der Waals surface area contributed by atoms with Crippen molar-refractivity contribution in [1.82, 2.24) is 0 Å². The molecular formula is C15H22O2. The van der Waals surface area contributed by atoms with Crippen LogP contribution in [0.15, 0.2) is 24.3 Å². The molecule has 17 heavy (non-hydrogen) atoms. The van der Waals surface area contributed by atoms with Crippen LogP contribution in [0.3, 0.4) is 0 Å². The van der Waals surface area contributed by atoms with Crippen LogP contribution in [0.2, 0.25) is 0 Å². The smallest absolute Gasteiger partial charge is 0.120 e. The summed E-state index contributed by atoms with van der Waals surface area (Å²) in [6.07, 6.45) is 3.09. The first-order valence-corrected chi connectivity index (χ1v) is 6.39. The molecule has 1 atom stereocenters. The van der Waals surface area contributed by atoms with Gasteiger partial charge >= 0.3 is 0 Å². The maximum absolute atomic E-state index is 10.2. The standard InChI is InChI=1S/C15H22O2/c1-15(2,3)10-14(16)11-5-4-6-13(9-11)17-12-7-8-12/h4-6,9,12,14,16H,7-8,10H2,1-3H3. The van der Waals surface area contributed by atoms with Gasteiger partial charge in [-0.2, -0.15) is 0 Å². The Morgan fingerprint density at radius 2 is 2.06 bits per heavy atom. The summed E-state index contributed by atoms with van der Waals surface area (Å²) >= 11 is 0. The number of rotatable bonds is 4. The van der Waals surface area contributed by atoms with Gasteiger partial charge in [0.15, 0.2) is 0 Å². The van der Waals surface area contributed by atoms with E-state index in [4.69, 9.17) is 4.74 Å². The number of ether oxygens (including phenoxy) is 1. The molecule has 0 spiro atoms. The van der Waals surface area contributed by atoms with Crippen molar-refractivity contribution in [3.8, 4) is 5.75 Å². The molecule has 1 fully saturated rings. The van der Waals surface area contributed by atoms with Gasteiger partial charge in [-0.3, -0.25) is 0 Å². The van der Waals surface area contributed by atoms with E-state index in [0.717, 1.165) is 30.6 Å². The summed E-state index contributed by atoms with van der Waals surface area (Å²) in [5.41, 5.74) is 1.09. The van der Waals surface area contributed by atoms with Gasteiger partial charge in [0.25, 0.3) is 0 Å². The third-order valence-electron chi connectivity index (χ3n) is 2.88. The SMILES string of the molecule is CC(C)(C)CC(O)c1cccc(OC2CC2)c1. The van der Waals surface area contributed by atoms with Crippen molar-refractivity contribution in [3.05, 3.63) is 29.8 Å². The van der Waals surface area contributed by atoms with Gasteiger partial charge in [-0.05, 0) is 42.4 Å². The second-order valence-electron chi connectivity index (χ2n) is 6.17. The number of hydrogen-bond donors (Lipinski definition) is 1. The third kappa shape index (κ3) is 4.04. The first-order chi connectivity index (χ1) is 7.94. The minimum atomic E-state index is -0.405. The largest absolute Gasteiger partial charge is 0.490 e. The normalized spacial score (nSPS) is 17.9. The predicted octanol–water partition coefficient (Wildman–Crippen LogP) is 3.70. The summed E-state index contributed by atoms with van der Waals surface area (Å²) in [6, 6.07) is 7.86. The Morgan fingerprint density at radius 1 is 1.35 bits per heavy atom. The second-order valence-corrected chi connectivity index (χ2v) is 6.17. The van der Waals surface area contributed by atoms with Crippen LogP contribution in [0, 0.1) is 5.41 Å². The highest BCUT2D eigenvalue weighted by molar-refractivity contribution is 5.30. The minimum Gasteiger partial charge on any atom is -0.490 e. The first kappa shape index (κ1) is 12.4. The molecule has 1 aromatic rings. The molecule has 0 aliphatic heterocycles. The van der Waals surface area contributed by atoms with Crippen molar-refractivity contribution in [2.75, 3.05) is 0 Å². The molecule has 2 rings (SSSR count). The Balaban J connectivity index is 2.03. The topological polar surface area (TPSA) is 29.5 Å². The van der Waals surface area contributed by atoms with Gasteiger partial charge in [0.1, 0.15) is 5.75 Å². The molecule has 0 bridgehead atoms. The lowest BCUT2D eigenvalue weighted by Gasteiger charge is -2.22.